The molecule has 1 saturated carbocycles. The van der Waals surface area contributed by atoms with Crippen LogP contribution in [0.4, 0.5) is 13.2 Å². The lowest BCUT2D eigenvalue weighted by Gasteiger charge is -2.09. The number of hydrogen-bond acceptors (Lipinski definition) is 5. The summed E-state index contributed by atoms with van der Waals surface area (Å²) < 4.78 is 42.0. The lowest BCUT2D eigenvalue weighted by molar-refractivity contribution is -0.142. The molecule has 1 aliphatic rings. The van der Waals surface area contributed by atoms with Crippen LogP contribution in [0, 0.1) is 0 Å². The summed E-state index contributed by atoms with van der Waals surface area (Å²) in [5.74, 6) is -0.175. The topological polar surface area (TPSA) is 68.0 Å². The van der Waals surface area contributed by atoms with Gasteiger partial charge in [-0.3, -0.25) is 4.79 Å². The highest BCUT2D eigenvalue weighted by molar-refractivity contribution is 7.98. The van der Waals surface area contributed by atoms with E-state index in [4.69, 9.17) is 0 Å². The van der Waals surface area contributed by atoms with Crippen LogP contribution in [0.2, 0.25) is 0 Å². The van der Waals surface area contributed by atoms with E-state index in [0.717, 1.165) is 29.4 Å². The molecule has 1 N–H and O–H groups in total. The van der Waals surface area contributed by atoms with Crippen molar-refractivity contribution < 1.29 is 22.5 Å². The van der Waals surface area contributed by atoms with Crippen molar-refractivity contribution in [3.05, 3.63) is 41.0 Å². The highest BCUT2D eigenvalue weighted by Crippen LogP contribution is 2.42. The number of halogens is 3. The minimum absolute atomic E-state index is 0.0654. The van der Waals surface area contributed by atoms with Gasteiger partial charge in [-0.25, -0.2) is 4.98 Å². The monoisotopic (exact) mass is 357 g/mol. The second-order valence-electron chi connectivity index (χ2n) is 5.45. The number of carbonyl (C=O) groups is 1. The third-order valence-corrected chi connectivity index (χ3v) is 4.33. The summed E-state index contributed by atoms with van der Waals surface area (Å²) in [6, 6.07) is 2.72. The number of amides is 1. The van der Waals surface area contributed by atoms with Crippen LogP contribution in [0.1, 0.15) is 46.3 Å². The number of alkyl halides is 3. The molecule has 9 heteroatoms. The molecule has 1 amide bonds. The molecule has 0 aliphatic heterocycles. The Kier molecular flexibility index (Phi) is 4.53. The Bertz CT molecular complexity index is 757. The molecule has 1 fully saturated rings. The highest BCUT2D eigenvalue weighted by Gasteiger charge is 2.35. The van der Waals surface area contributed by atoms with E-state index in [0.29, 0.717) is 11.6 Å². The number of nitrogens with one attached hydrogen (secondary N) is 1. The first-order valence-electron chi connectivity index (χ1n) is 7.23. The van der Waals surface area contributed by atoms with Crippen LogP contribution < -0.4 is 5.32 Å². The third kappa shape index (κ3) is 3.72. The summed E-state index contributed by atoms with van der Waals surface area (Å²) in [6.45, 7) is -0.183. The lowest BCUT2D eigenvalue weighted by Crippen LogP contribution is -2.25. The van der Waals surface area contributed by atoms with Gasteiger partial charge in [0, 0.05) is 17.2 Å². The lowest BCUT2D eigenvalue weighted by atomic mass is 10.1. The van der Waals surface area contributed by atoms with Crippen LogP contribution in [-0.4, -0.2) is 22.3 Å². The average Bonchev–Trinajstić information content (AvgIpc) is 3.28. The first kappa shape index (κ1) is 16.8. The quantitative estimate of drug-likeness (QED) is 0.828. The van der Waals surface area contributed by atoms with Gasteiger partial charge in [-0.2, -0.15) is 13.2 Å². The van der Waals surface area contributed by atoms with Gasteiger partial charge in [-0.05, 0) is 36.6 Å². The fourth-order valence-electron chi connectivity index (χ4n) is 2.25. The molecule has 128 valence electrons. The van der Waals surface area contributed by atoms with Crippen LogP contribution in [0.25, 0.3) is 0 Å². The third-order valence-electron chi connectivity index (χ3n) is 3.63. The molecule has 0 spiro atoms. The largest absolute Gasteiger partial charge is 0.436 e. The molecule has 0 atom stereocenters. The van der Waals surface area contributed by atoms with E-state index >= 15 is 0 Å². The maximum atomic E-state index is 12.5. The molecule has 0 unspecified atom stereocenters. The van der Waals surface area contributed by atoms with Crippen LogP contribution in [0.3, 0.4) is 0 Å². The van der Waals surface area contributed by atoms with E-state index in [1.807, 2.05) is 12.3 Å². The number of hydrogen-bond donors (Lipinski definition) is 1. The minimum Gasteiger partial charge on any atom is -0.359 e. The maximum absolute atomic E-state index is 12.5. The van der Waals surface area contributed by atoms with Gasteiger partial charge in [0.25, 0.3) is 5.91 Å². The first-order chi connectivity index (χ1) is 11.4. The summed E-state index contributed by atoms with van der Waals surface area (Å²) in [5.41, 5.74) is 0.0756. The molecule has 2 heterocycles. The number of pyridine rings is 1. The highest BCUT2D eigenvalue weighted by atomic mass is 32.2. The molecule has 0 aromatic carbocycles. The normalized spacial score (nSPS) is 14.7. The van der Waals surface area contributed by atoms with Gasteiger partial charge in [-0.1, -0.05) is 5.16 Å². The molecular formula is C15H14F3N3O2S. The summed E-state index contributed by atoms with van der Waals surface area (Å²) in [6.07, 6.45) is 0.991. The van der Waals surface area contributed by atoms with E-state index < -0.39 is 17.8 Å². The van der Waals surface area contributed by atoms with Crippen molar-refractivity contribution in [2.45, 2.75) is 36.4 Å². The summed E-state index contributed by atoms with van der Waals surface area (Å²) in [7, 11) is 0. The molecule has 0 radical (unpaired) electrons. The predicted octanol–water partition coefficient (Wildman–Crippen LogP) is 3.62. The Labute approximate surface area is 140 Å². The molecule has 0 saturated heterocycles. The first-order valence-corrected chi connectivity index (χ1v) is 8.46. The molecule has 5 nitrogen and oxygen atoms in total. The minimum atomic E-state index is -4.57. The standard InChI is InChI=1S/C15H14F3N3O2S/c1-24-10-5-11(8-2-3-8)13(19-7-10)14(22)20-6-9-4-12(21-23-9)15(16,17)18/h4-5,7-8H,2-3,6H2,1H3,(H,20,22). The van der Waals surface area contributed by atoms with Crippen molar-refractivity contribution in [1.29, 1.82) is 0 Å². The molecule has 24 heavy (non-hydrogen) atoms. The van der Waals surface area contributed by atoms with Gasteiger partial charge >= 0.3 is 6.18 Å². The van der Waals surface area contributed by atoms with Gasteiger partial charge in [-0.15, -0.1) is 11.8 Å². The van der Waals surface area contributed by atoms with E-state index in [2.05, 4.69) is 20.0 Å². The number of aromatic nitrogens is 2. The van der Waals surface area contributed by atoms with Crippen molar-refractivity contribution in [3.63, 3.8) is 0 Å². The molecule has 2 aromatic rings. The second-order valence-corrected chi connectivity index (χ2v) is 6.33. The van der Waals surface area contributed by atoms with E-state index in [-0.39, 0.29) is 12.3 Å². The summed E-state index contributed by atoms with van der Waals surface area (Å²) in [5, 5.41) is 5.48. The fraction of sp³-hybridized carbons (Fsp3) is 0.400. The zero-order chi connectivity index (χ0) is 17.3. The zero-order valence-corrected chi connectivity index (χ0v) is 13.5. The van der Waals surface area contributed by atoms with Crippen LogP contribution >= 0.6 is 11.8 Å². The van der Waals surface area contributed by atoms with Gasteiger partial charge in [0.1, 0.15) is 5.69 Å². The molecule has 1 aliphatic carbocycles. The second kappa shape index (κ2) is 6.46. The van der Waals surface area contributed by atoms with Gasteiger partial charge in [0.15, 0.2) is 11.5 Å². The van der Waals surface area contributed by atoms with E-state index in [9.17, 15) is 18.0 Å². The van der Waals surface area contributed by atoms with Crippen molar-refractivity contribution >= 4 is 17.7 Å². The van der Waals surface area contributed by atoms with E-state index in [1.165, 1.54) is 11.8 Å². The molecular weight excluding hydrogens is 343 g/mol. The predicted molar refractivity (Wildman–Crippen MR) is 80.7 cm³/mol. The Morgan fingerprint density at radius 2 is 2.17 bits per heavy atom. The maximum Gasteiger partial charge on any atom is 0.436 e. The summed E-state index contributed by atoms with van der Waals surface area (Å²) in [4.78, 5) is 17.5. The van der Waals surface area contributed by atoms with Gasteiger partial charge in [0.05, 0.1) is 6.54 Å². The Morgan fingerprint density at radius 3 is 2.75 bits per heavy atom. The van der Waals surface area contributed by atoms with Gasteiger partial charge in [0.2, 0.25) is 0 Å². The van der Waals surface area contributed by atoms with Crippen molar-refractivity contribution in [3.8, 4) is 0 Å². The number of carbonyl (C=O) groups excluding carboxylic acids is 1. The fourth-order valence-corrected chi connectivity index (χ4v) is 2.65. The smallest absolute Gasteiger partial charge is 0.359 e. The number of rotatable bonds is 5. The van der Waals surface area contributed by atoms with Crippen LogP contribution in [0.5, 0.6) is 0 Å². The summed E-state index contributed by atoms with van der Waals surface area (Å²) >= 11 is 1.54. The molecule has 2 aromatic heterocycles. The van der Waals surface area contributed by atoms with Crippen molar-refractivity contribution in [2.24, 2.45) is 0 Å². The van der Waals surface area contributed by atoms with Crippen molar-refractivity contribution in [1.82, 2.24) is 15.5 Å². The van der Waals surface area contributed by atoms with Crippen LogP contribution in [0.15, 0.2) is 27.7 Å². The SMILES string of the molecule is CSc1cnc(C(=O)NCc2cc(C(F)(F)F)no2)c(C2CC2)c1. The van der Waals surface area contributed by atoms with E-state index in [1.54, 1.807) is 6.20 Å². The Morgan fingerprint density at radius 1 is 1.42 bits per heavy atom. The molecule has 3 rings (SSSR count). The van der Waals surface area contributed by atoms with Crippen molar-refractivity contribution in [2.75, 3.05) is 6.26 Å². The molecule has 0 bridgehead atoms. The number of nitrogens with zero attached hydrogens (tertiary/aromatic N) is 2. The average molecular weight is 357 g/mol. The van der Waals surface area contributed by atoms with Crippen LogP contribution in [-0.2, 0) is 12.7 Å². The van der Waals surface area contributed by atoms with Gasteiger partial charge < -0.3 is 9.84 Å². The zero-order valence-electron chi connectivity index (χ0n) is 12.7. The Hall–Kier alpha value is -2.03. The number of thioether (sulfide) groups is 1. The Balaban J connectivity index is 1.70.